The van der Waals surface area contributed by atoms with Crippen LogP contribution in [0.3, 0.4) is 0 Å². The molecule has 0 spiro atoms. The Kier molecular flexibility index (Phi) is 3.94. The van der Waals surface area contributed by atoms with Gasteiger partial charge < -0.3 is 9.47 Å². The lowest BCUT2D eigenvalue weighted by Crippen LogP contribution is -2.37. The van der Waals surface area contributed by atoms with Crippen molar-refractivity contribution in [3.63, 3.8) is 0 Å². The zero-order valence-electron chi connectivity index (χ0n) is 10.4. The lowest BCUT2D eigenvalue weighted by molar-refractivity contribution is -0.170. The maximum absolute atomic E-state index is 12.0. The fraction of sp³-hybridized carbons (Fsp3) is 0.833. The summed E-state index contributed by atoms with van der Waals surface area (Å²) in [6.45, 7) is 8.14. The molecule has 0 bridgehead atoms. The van der Waals surface area contributed by atoms with E-state index < -0.39 is 17.5 Å². The smallest absolute Gasteiger partial charge is 0.347 e. The number of carbonyl (C=O) groups excluding carboxylic acids is 2. The monoisotopic (exact) mass is 228 g/mol. The number of cyclic esters (lactones) is 1. The number of esters is 2. The summed E-state index contributed by atoms with van der Waals surface area (Å²) in [7, 11) is 0. The summed E-state index contributed by atoms with van der Waals surface area (Å²) in [5.74, 6) is -0.535. The predicted octanol–water partition coefficient (Wildman–Crippen LogP) is 1.92. The third-order valence-electron chi connectivity index (χ3n) is 3.61. The van der Waals surface area contributed by atoms with Crippen molar-refractivity contribution in [1.82, 2.24) is 0 Å². The standard InChI is InChI=1S/C12H20O4/c1-5-12(4,8(2)3)11(14)16-9-6-7-15-10(9)13/h8-9H,5-7H2,1-4H3. The molecule has 92 valence electrons. The van der Waals surface area contributed by atoms with Crippen LogP contribution in [0.25, 0.3) is 0 Å². The molecule has 4 nitrogen and oxygen atoms in total. The quantitative estimate of drug-likeness (QED) is 0.690. The molecular formula is C12H20O4. The van der Waals surface area contributed by atoms with E-state index in [1.807, 2.05) is 27.7 Å². The largest absolute Gasteiger partial charge is 0.463 e. The van der Waals surface area contributed by atoms with Crippen molar-refractivity contribution in [1.29, 1.82) is 0 Å². The summed E-state index contributed by atoms with van der Waals surface area (Å²) in [6, 6.07) is 0. The Morgan fingerprint density at radius 1 is 1.62 bits per heavy atom. The molecule has 2 atom stereocenters. The summed E-state index contributed by atoms with van der Waals surface area (Å²) in [6.07, 6.45) is 0.477. The zero-order chi connectivity index (χ0) is 12.3. The summed E-state index contributed by atoms with van der Waals surface area (Å²) in [5, 5.41) is 0. The van der Waals surface area contributed by atoms with Crippen molar-refractivity contribution < 1.29 is 19.1 Å². The number of hydrogen-bond donors (Lipinski definition) is 0. The Hall–Kier alpha value is -1.06. The first-order valence-corrected chi connectivity index (χ1v) is 5.79. The third-order valence-corrected chi connectivity index (χ3v) is 3.61. The van der Waals surface area contributed by atoms with Crippen molar-refractivity contribution in [3.8, 4) is 0 Å². The van der Waals surface area contributed by atoms with Gasteiger partial charge in [-0.05, 0) is 19.3 Å². The fourth-order valence-electron chi connectivity index (χ4n) is 1.64. The van der Waals surface area contributed by atoms with E-state index in [-0.39, 0.29) is 11.9 Å². The lowest BCUT2D eigenvalue weighted by Gasteiger charge is -2.30. The highest BCUT2D eigenvalue weighted by Crippen LogP contribution is 2.33. The summed E-state index contributed by atoms with van der Waals surface area (Å²) in [4.78, 5) is 23.2. The molecule has 0 aromatic carbocycles. The first-order valence-electron chi connectivity index (χ1n) is 5.79. The molecule has 0 aromatic rings. The van der Waals surface area contributed by atoms with E-state index in [9.17, 15) is 9.59 Å². The Morgan fingerprint density at radius 2 is 2.25 bits per heavy atom. The van der Waals surface area contributed by atoms with Gasteiger partial charge >= 0.3 is 11.9 Å². The van der Waals surface area contributed by atoms with Gasteiger partial charge in [0.2, 0.25) is 6.10 Å². The van der Waals surface area contributed by atoms with Gasteiger partial charge in [-0.1, -0.05) is 20.8 Å². The molecule has 1 heterocycles. The van der Waals surface area contributed by atoms with E-state index in [1.54, 1.807) is 0 Å². The highest BCUT2D eigenvalue weighted by molar-refractivity contribution is 5.83. The van der Waals surface area contributed by atoms with Gasteiger partial charge in [-0.25, -0.2) is 4.79 Å². The van der Waals surface area contributed by atoms with Crippen LogP contribution in [0.5, 0.6) is 0 Å². The van der Waals surface area contributed by atoms with Gasteiger partial charge in [0.05, 0.1) is 12.0 Å². The molecule has 1 fully saturated rings. The molecule has 0 N–H and O–H groups in total. The number of rotatable bonds is 4. The topological polar surface area (TPSA) is 52.6 Å². The molecule has 1 saturated heterocycles. The zero-order valence-corrected chi connectivity index (χ0v) is 10.4. The van der Waals surface area contributed by atoms with E-state index in [2.05, 4.69) is 0 Å². The molecule has 2 unspecified atom stereocenters. The van der Waals surface area contributed by atoms with E-state index in [4.69, 9.17) is 9.47 Å². The van der Waals surface area contributed by atoms with Crippen LogP contribution in [-0.2, 0) is 19.1 Å². The fourth-order valence-corrected chi connectivity index (χ4v) is 1.64. The molecule has 16 heavy (non-hydrogen) atoms. The van der Waals surface area contributed by atoms with Crippen LogP contribution in [0.15, 0.2) is 0 Å². The van der Waals surface area contributed by atoms with Crippen LogP contribution in [-0.4, -0.2) is 24.6 Å². The molecular weight excluding hydrogens is 208 g/mol. The summed E-state index contributed by atoms with van der Waals surface area (Å²) in [5.41, 5.74) is -0.525. The molecule has 0 saturated carbocycles. The molecule has 4 heteroatoms. The number of hydrogen-bond acceptors (Lipinski definition) is 4. The molecule has 1 aliphatic rings. The van der Waals surface area contributed by atoms with Gasteiger partial charge in [0, 0.05) is 6.42 Å². The Labute approximate surface area is 96.3 Å². The Bertz CT molecular complexity index is 285. The van der Waals surface area contributed by atoms with Gasteiger partial charge in [-0.15, -0.1) is 0 Å². The van der Waals surface area contributed by atoms with Gasteiger partial charge in [-0.3, -0.25) is 4.79 Å². The van der Waals surface area contributed by atoms with Crippen molar-refractivity contribution in [2.75, 3.05) is 6.61 Å². The van der Waals surface area contributed by atoms with Crippen LogP contribution in [0.2, 0.25) is 0 Å². The van der Waals surface area contributed by atoms with Crippen LogP contribution < -0.4 is 0 Å². The highest BCUT2D eigenvalue weighted by Gasteiger charge is 2.40. The Morgan fingerprint density at radius 3 is 2.62 bits per heavy atom. The minimum absolute atomic E-state index is 0.183. The van der Waals surface area contributed by atoms with Crippen molar-refractivity contribution in [3.05, 3.63) is 0 Å². The SMILES string of the molecule is CCC(C)(C(=O)OC1CCOC1=O)C(C)C. The maximum atomic E-state index is 12.0. The molecule has 1 rings (SSSR count). The summed E-state index contributed by atoms with van der Waals surface area (Å²) < 4.78 is 9.98. The number of ether oxygens (including phenoxy) is 2. The minimum Gasteiger partial charge on any atom is -0.463 e. The van der Waals surface area contributed by atoms with Crippen LogP contribution in [0.1, 0.15) is 40.5 Å². The average molecular weight is 228 g/mol. The second-order valence-corrected chi connectivity index (χ2v) is 4.78. The third kappa shape index (κ3) is 2.36. The second kappa shape index (κ2) is 4.85. The lowest BCUT2D eigenvalue weighted by atomic mass is 9.77. The molecule has 0 aliphatic carbocycles. The normalized spacial score (nSPS) is 24.1. The number of carbonyl (C=O) groups is 2. The van der Waals surface area contributed by atoms with Crippen molar-refractivity contribution in [2.45, 2.75) is 46.6 Å². The second-order valence-electron chi connectivity index (χ2n) is 4.78. The van der Waals surface area contributed by atoms with Gasteiger partial charge in [0.1, 0.15) is 0 Å². The molecule has 0 aromatic heterocycles. The van der Waals surface area contributed by atoms with Gasteiger partial charge in [0.25, 0.3) is 0 Å². The first kappa shape index (κ1) is 13.0. The minimum atomic E-state index is -0.697. The van der Waals surface area contributed by atoms with Crippen LogP contribution >= 0.6 is 0 Å². The predicted molar refractivity (Wildman–Crippen MR) is 58.7 cm³/mol. The van der Waals surface area contributed by atoms with Crippen molar-refractivity contribution >= 4 is 11.9 Å². The summed E-state index contributed by atoms with van der Waals surface area (Å²) >= 11 is 0. The Balaban J connectivity index is 2.66. The van der Waals surface area contributed by atoms with Crippen LogP contribution in [0.4, 0.5) is 0 Å². The average Bonchev–Trinajstić information content (AvgIpc) is 2.62. The first-order chi connectivity index (χ1) is 7.41. The van der Waals surface area contributed by atoms with E-state index in [0.29, 0.717) is 19.4 Å². The van der Waals surface area contributed by atoms with Gasteiger partial charge in [0.15, 0.2) is 0 Å². The maximum Gasteiger partial charge on any atom is 0.347 e. The molecule has 1 aliphatic heterocycles. The van der Waals surface area contributed by atoms with Gasteiger partial charge in [-0.2, -0.15) is 0 Å². The van der Waals surface area contributed by atoms with E-state index in [0.717, 1.165) is 0 Å². The van der Waals surface area contributed by atoms with Crippen LogP contribution in [0, 0.1) is 11.3 Å². The molecule has 0 amide bonds. The van der Waals surface area contributed by atoms with E-state index in [1.165, 1.54) is 0 Å². The van der Waals surface area contributed by atoms with E-state index >= 15 is 0 Å². The highest BCUT2D eigenvalue weighted by atomic mass is 16.6. The van der Waals surface area contributed by atoms with Crippen molar-refractivity contribution in [2.24, 2.45) is 11.3 Å². The molecule has 0 radical (unpaired) electrons.